The van der Waals surface area contributed by atoms with Crippen LogP contribution in [-0.4, -0.2) is 22.0 Å². The zero-order valence-electron chi connectivity index (χ0n) is 11.2. The second-order valence-electron chi connectivity index (χ2n) is 4.17. The molecular weight excluding hydrogens is 246 g/mol. The molecule has 102 valence electrons. The van der Waals surface area contributed by atoms with Crippen LogP contribution in [0.4, 0.5) is 5.69 Å². The monoisotopic (exact) mass is 263 g/mol. The molecule has 0 fully saturated rings. The first-order chi connectivity index (χ1) is 9.06. The van der Waals surface area contributed by atoms with Gasteiger partial charge >= 0.3 is 0 Å². The van der Waals surface area contributed by atoms with E-state index in [1.807, 2.05) is 6.92 Å². The largest absolute Gasteiger partial charge is 0.493 e. The van der Waals surface area contributed by atoms with E-state index >= 15 is 0 Å². The number of benzene rings is 1. The Morgan fingerprint density at radius 2 is 2.11 bits per heavy atom. The minimum Gasteiger partial charge on any atom is -0.493 e. The lowest BCUT2D eigenvalue weighted by Gasteiger charge is -2.11. The molecular formula is C13H17N3O3. The van der Waals surface area contributed by atoms with Gasteiger partial charge in [0.25, 0.3) is 0 Å². The van der Waals surface area contributed by atoms with Gasteiger partial charge in [-0.1, -0.05) is 6.07 Å². The predicted molar refractivity (Wildman–Crippen MR) is 71.3 cm³/mol. The minimum absolute atomic E-state index is 0.0520. The van der Waals surface area contributed by atoms with Crippen molar-refractivity contribution in [1.29, 1.82) is 0 Å². The molecule has 0 spiro atoms. The van der Waals surface area contributed by atoms with E-state index in [0.717, 1.165) is 5.56 Å². The fraction of sp³-hybridized carbons (Fsp3) is 0.308. The number of nitrogens with zero attached hydrogens (tertiary/aromatic N) is 2. The van der Waals surface area contributed by atoms with Gasteiger partial charge in [0.15, 0.2) is 11.5 Å². The molecule has 2 aromatic rings. The van der Waals surface area contributed by atoms with E-state index in [1.54, 1.807) is 37.0 Å². The van der Waals surface area contributed by atoms with Crippen molar-refractivity contribution in [2.45, 2.75) is 13.5 Å². The van der Waals surface area contributed by atoms with Crippen LogP contribution in [0.15, 0.2) is 18.2 Å². The smallest absolute Gasteiger partial charge is 0.241 e. The first-order valence-electron chi connectivity index (χ1n) is 5.81. The highest BCUT2D eigenvalue weighted by Crippen LogP contribution is 2.35. The fourth-order valence-corrected chi connectivity index (χ4v) is 1.77. The molecule has 0 saturated heterocycles. The van der Waals surface area contributed by atoms with Gasteiger partial charge < -0.3 is 20.3 Å². The van der Waals surface area contributed by atoms with Crippen molar-refractivity contribution >= 4 is 5.69 Å². The number of aromatic nitrogens is 2. The summed E-state index contributed by atoms with van der Waals surface area (Å²) in [5.74, 6) is 1.52. The number of nitrogen functional groups attached to an aromatic ring is 1. The van der Waals surface area contributed by atoms with Crippen molar-refractivity contribution in [2.24, 2.45) is 7.05 Å². The minimum atomic E-state index is -0.0520. The zero-order valence-corrected chi connectivity index (χ0v) is 11.2. The highest BCUT2D eigenvalue weighted by atomic mass is 16.5. The molecule has 0 aliphatic heterocycles. The Kier molecular flexibility index (Phi) is 3.62. The number of nitrogens with two attached hydrogens (primary N) is 1. The number of hydrogen-bond donors (Lipinski definition) is 2. The quantitative estimate of drug-likeness (QED) is 0.875. The number of aliphatic hydroxyl groups excluding tert-OH is 1. The van der Waals surface area contributed by atoms with Gasteiger partial charge in [-0.2, -0.15) is 5.10 Å². The molecule has 0 aliphatic carbocycles. The van der Waals surface area contributed by atoms with Crippen molar-refractivity contribution in [3.05, 3.63) is 29.5 Å². The molecule has 6 heteroatoms. The van der Waals surface area contributed by atoms with Crippen LogP contribution in [0.3, 0.4) is 0 Å². The second-order valence-corrected chi connectivity index (χ2v) is 4.17. The second kappa shape index (κ2) is 5.19. The van der Waals surface area contributed by atoms with E-state index in [2.05, 4.69) is 5.10 Å². The van der Waals surface area contributed by atoms with Gasteiger partial charge in [0.1, 0.15) is 5.69 Å². The number of aryl methyl sites for hydroxylation is 2. The topological polar surface area (TPSA) is 82.5 Å². The zero-order chi connectivity index (χ0) is 14.0. The van der Waals surface area contributed by atoms with E-state index in [0.29, 0.717) is 28.8 Å². The molecule has 2 rings (SSSR count). The summed E-state index contributed by atoms with van der Waals surface area (Å²) in [6.07, 6.45) is 0. The highest BCUT2D eigenvalue weighted by molar-refractivity contribution is 5.55. The maximum atomic E-state index is 9.10. The van der Waals surface area contributed by atoms with E-state index in [4.69, 9.17) is 20.3 Å². The summed E-state index contributed by atoms with van der Waals surface area (Å²) in [5, 5.41) is 13.3. The van der Waals surface area contributed by atoms with Gasteiger partial charge in [-0.15, -0.1) is 0 Å². The Morgan fingerprint density at radius 3 is 2.63 bits per heavy atom. The SMILES string of the molecule is COc1cc(CO)ccc1Oc1c(N)c(C)nn1C. The number of hydrogen-bond acceptors (Lipinski definition) is 5. The van der Waals surface area contributed by atoms with Gasteiger partial charge in [-0.3, -0.25) is 0 Å². The molecule has 0 radical (unpaired) electrons. The van der Waals surface area contributed by atoms with Gasteiger partial charge in [-0.05, 0) is 24.6 Å². The van der Waals surface area contributed by atoms with E-state index < -0.39 is 0 Å². The molecule has 0 saturated carbocycles. The van der Waals surface area contributed by atoms with Crippen molar-refractivity contribution in [3.8, 4) is 17.4 Å². The van der Waals surface area contributed by atoms with Gasteiger partial charge in [0, 0.05) is 7.05 Å². The number of ether oxygens (including phenoxy) is 2. The average molecular weight is 263 g/mol. The standard InChI is InChI=1S/C13H17N3O3/c1-8-12(14)13(16(2)15-8)19-10-5-4-9(7-17)6-11(10)18-3/h4-6,17H,7,14H2,1-3H3. The third kappa shape index (κ3) is 2.48. The van der Waals surface area contributed by atoms with Gasteiger partial charge in [0.05, 0.1) is 19.4 Å². The third-order valence-corrected chi connectivity index (χ3v) is 2.83. The lowest BCUT2D eigenvalue weighted by molar-refractivity contribution is 0.280. The van der Waals surface area contributed by atoms with Crippen molar-refractivity contribution < 1.29 is 14.6 Å². The Morgan fingerprint density at radius 1 is 1.37 bits per heavy atom. The molecule has 6 nitrogen and oxygen atoms in total. The summed E-state index contributed by atoms with van der Waals surface area (Å²) >= 11 is 0. The summed E-state index contributed by atoms with van der Waals surface area (Å²) in [6, 6.07) is 5.21. The van der Waals surface area contributed by atoms with E-state index in [1.165, 1.54) is 0 Å². The number of anilines is 1. The third-order valence-electron chi connectivity index (χ3n) is 2.83. The van der Waals surface area contributed by atoms with Crippen LogP contribution < -0.4 is 15.2 Å². The summed E-state index contributed by atoms with van der Waals surface area (Å²) < 4.78 is 12.6. The normalized spacial score (nSPS) is 10.5. The number of rotatable bonds is 4. The van der Waals surface area contributed by atoms with Crippen molar-refractivity contribution in [1.82, 2.24) is 9.78 Å². The summed E-state index contributed by atoms with van der Waals surface area (Å²) in [5.41, 5.74) is 7.87. The predicted octanol–water partition coefficient (Wildman–Crippen LogP) is 1.60. The van der Waals surface area contributed by atoms with Crippen LogP contribution in [0.1, 0.15) is 11.3 Å². The first kappa shape index (κ1) is 13.2. The summed E-state index contributed by atoms with van der Waals surface area (Å²) in [6.45, 7) is 1.76. The molecule has 3 N–H and O–H groups in total. The van der Waals surface area contributed by atoms with Gasteiger partial charge in [0.2, 0.25) is 5.88 Å². The molecule has 0 aliphatic rings. The lowest BCUT2D eigenvalue weighted by atomic mass is 10.2. The summed E-state index contributed by atoms with van der Waals surface area (Å²) in [4.78, 5) is 0. The molecule has 0 atom stereocenters. The number of aliphatic hydroxyl groups is 1. The molecule has 0 unspecified atom stereocenters. The molecule has 1 heterocycles. The van der Waals surface area contributed by atoms with E-state index in [-0.39, 0.29) is 6.61 Å². The van der Waals surface area contributed by atoms with Crippen LogP contribution in [-0.2, 0) is 13.7 Å². The lowest BCUT2D eigenvalue weighted by Crippen LogP contribution is -1.99. The fourth-order valence-electron chi connectivity index (χ4n) is 1.77. The van der Waals surface area contributed by atoms with Crippen LogP contribution in [0.5, 0.6) is 17.4 Å². The number of methoxy groups -OCH3 is 1. The van der Waals surface area contributed by atoms with E-state index in [9.17, 15) is 0 Å². The Labute approximate surface area is 111 Å². The van der Waals surface area contributed by atoms with Crippen molar-refractivity contribution in [2.75, 3.05) is 12.8 Å². The summed E-state index contributed by atoms with van der Waals surface area (Å²) in [7, 11) is 3.30. The highest BCUT2D eigenvalue weighted by Gasteiger charge is 2.15. The van der Waals surface area contributed by atoms with Crippen LogP contribution in [0.25, 0.3) is 0 Å². The maximum absolute atomic E-state index is 9.10. The van der Waals surface area contributed by atoms with Gasteiger partial charge in [-0.25, -0.2) is 4.68 Å². The van der Waals surface area contributed by atoms with Crippen LogP contribution in [0, 0.1) is 6.92 Å². The molecule has 1 aromatic carbocycles. The van der Waals surface area contributed by atoms with Crippen molar-refractivity contribution in [3.63, 3.8) is 0 Å². The van der Waals surface area contributed by atoms with Crippen LogP contribution >= 0.6 is 0 Å². The average Bonchev–Trinajstić information content (AvgIpc) is 2.65. The molecule has 0 bridgehead atoms. The molecule has 0 amide bonds. The Bertz CT molecular complexity index is 593. The maximum Gasteiger partial charge on any atom is 0.241 e. The Hall–Kier alpha value is -2.21. The molecule has 19 heavy (non-hydrogen) atoms. The first-order valence-corrected chi connectivity index (χ1v) is 5.81. The van der Waals surface area contributed by atoms with Crippen LogP contribution in [0.2, 0.25) is 0 Å². The Balaban J connectivity index is 2.37. The molecule has 1 aromatic heterocycles.